The largest absolute Gasteiger partial charge is 0.491 e. The first-order valence-corrected chi connectivity index (χ1v) is 7.60. The van der Waals surface area contributed by atoms with Crippen molar-refractivity contribution in [1.29, 1.82) is 0 Å². The summed E-state index contributed by atoms with van der Waals surface area (Å²) in [6.45, 7) is 9.24. The number of ether oxygens (including phenoxy) is 1. The molecule has 0 fully saturated rings. The van der Waals surface area contributed by atoms with Crippen LogP contribution in [0, 0.1) is 6.92 Å². The Kier molecular flexibility index (Phi) is 5.40. The molecule has 2 aromatic rings. The Morgan fingerprint density at radius 2 is 1.71 bits per heavy atom. The van der Waals surface area contributed by atoms with Gasteiger partial charge in [0, 0.05) is 12.6 Å². The van der Waals surface area contributed by atoms with Gasteiger partial charge < -0.3 is 10.1 Å². The van der Waals surface area contributed by atoms with Crippen LogP contribution < -0.4 is 10.1 Å². The van der Waals surface area contributed by atoms with E-state index >= 15 is 0 Å². The van der Waals surface area contributed by atoms with Crippen molar-refractivity contribution >= 4 is 0 Å². The molecule has 0 radical (unpaired) electrons. The van der Waals surface area contributed by atoms with Gasteiger partial charge in [0.05, 0.1) is 6.10 Å². The predicted octanol–water partition coefficient (Wildman–Crippen LogP) is 4.63. The third kappa shape index (κ3) is 4.91. The van der Waals surface area contributed by atoms with Gasteiger partial charge in [0.15, 0.2) is 0 Å². The summed E-state index contributed by atoms with van der Waals surface area (Å²) in [5.74, 6) is 0.937. The lowest BCUT2D eigenvalue weighted by atomic mass is 10.1. The van der Waals surface area contributed by atoms with Gasteiger partial charge in [-0.1, -0.05) is 42.0 Å². The predicted molar refractivity (Wildman–Crippen MR) is 88.6 cm³/mol. The minimum absolute atomic E-state index is 0.208. The van der Waals surface area contributed by atoms with Gasteiger partial charge in [-0.3, -0.25) is 0 Å². The van der Waals surface area contributed by atoms with Crippen molar-refractivity contribution < 1.29 is 4.74 Å². The summed E-state index contributed by atoms with van der Waals surface area (Å²) in [7, 11) is 0. The second-order valence-electron chi connectivity index (χ2n) is 5.83. The third-order valence-electron chi connectivity index (χ3n) is 3.46. The van der Waals surface area contributed by atoms with E-state index in [9.17, 15) is 0 Å². The molecule has 112 valence electrons. The Labute approximate surface area is 128 Å². The van der Waals surface area contributed by atoms with Crippen LogP contribution in [0.5, 0.6) is 5.75 Å². The second kappa shape index (κ2) is 7.28. The Hall–Kier alpha value is -1.80. The number of hydrogen-bond donors (Lipinski definition) is 1. The monoisotopic (exact) mass is 283 g/mol. The van der Waals surface area contributed by atoms with Crippen molar-refractivity contribution in [2.24, 2.45) is 0 Å². The Balaban J connectivity index is 1.94. The molecule has 0 bridgehead atoms. The lowest BCUT2D eigenvalue weighted by molar-refractivity contribution is 0.242. The summed E-state index contributed by atoms with van der Waals surface area (Å²) >= 11 is 0. The topological polar surface area (TPSA) is 21.3 Å². The average Bonchev–Trinajstić information content (AvgIpc) is 2.45. The Morgan fingerprint density at radius 3 is 2.38 bits per heavy atom. The maximum Gasteiger partial charge on any atom is 0.120 e. The number of rotatable bonds is 6. The fourth-order valence-electron chi connectivity index (χ4n) is 2.24. The van der Waals surface area contributed by atoms with E-state index in [0.717, 1.165) is 12.3 Å². The molecule has 0 aliphatic heterocycles. The quantitative estimate of drug-likeness (QED) is 0.834. The molecule has 21 heavy (non-hydrogen) atoms. The van der Waals surface area contributed by atoms with E-state index in [-0.39, 0.29) is 6.10 Å². The maximum absolute atomic E-state index is 5.73. The zero-order chi connectivity index (χ0) is 15.2. The molecule has 0 saturated heterocycles. The highest BCUT2D eigenvalue weighted by molar-refractivity contribution is 5.29. The third-order valence-corrected chi connectivity index (χ3v) is 3.46. The van der Waals surface area contributed by atoms with Gasteiger partial charge >= 0.3 is 0 Å². The van der Waals surface area contributed by atoms with Gasteiger partial charge in [-0.2, -0.15) is 0 Å². The fourth-order valence-corrected chi connectivity index (χ4v) is 2.24. The van der Waals surface area contributed by atoms with Crippen LogP contribution in [0.25, 0.3) is 0 Å². The molecule has 0 spiro atoms. The first kappa shape index (κ1) is 15.6. The van der Waals surface area contributed by atoms with Crippen molar-refractivity contribution in [3.05, 3.63) is 65.2 Å². The van der Waals surface area contributed by atoms with E-state index in [1.807, 2.05) is 26.0 Å². The first-order chi connectivity index (χ1) is 10.0. The number of aryl methyl sites for hydroxylation is 1. The fraction of sp³-hybridized carbons (Fsp3) is 0.368. The second-order valence-corrected chi connectivity index (χ2v) is 5.83. The summed E-state index contributed by atoms with van der Waals surface area (Å²) in [4.78, 5) is 0. The van der Waals surface area contributed by atoms with Gasteiger partial charge in [0.1, 0.15) is 5.75 Å². The van der Waals surface area contributed by atoms with Crippen LogP contribution >= 0.6 is 0 Å². The first-order valence-electron chi connectivity index (χ1n) is 7.60. The Bertz CT molecular complexity index is 560. The highest BCUT2D eigenvalue weighted by Gasteiger charge is 2.05. The molecule has 2 aromatic carbocycles. The minimum Gasteiger partial charge on any atom is -0.491 e. The SMILES string of the molecule is Cc1ccc([C@@H](C)NCc2cccc(OC(C)C)c2)cc1. The van der Waals surface area contributed by atoms with Crippen molar-refractivity contribution in [2.75, 3.05) is 0 Å². The molecule has 2 nitrogen and oxygen atoms in total. The molecular formula is C19H25NO. The van der Waals surface area contributed by atoms with Crippen LogP contribution in [0.1, 0.15) is 43.5 Å². The molecule has 0 unspecified atom stereocenters. The van der Waals surface area contributed by atoms with Gasteiger partial charge in [0.2, 0.25) is 0 Å². The van der Waals surface area contributed by atoms with Crippen LogP contribution in [-0.2, 0) is 6.54 Å². The zero-order valence-corrected chi connectivity index (χ0v) is 13.4. The zero-order valence-electron chi connectivity index (χ0n) is 13.4. The van der Waals surface area contributed by atoms with Crippen LogP contribution in [0.3, 0.4) is 0 Å². The molecule has 1 N–H and O–H groups in total. The molecule has 1 atom stereocenters. The van der Waals surface area contributed by atoms with E-state index in [1.165, 1.54) is 16.7 Å². The summed E-state index contributed by atoms with van der Waals surface area (Å²) in [5.41, 5.74) is 3.85. The Morgan fingerprint density at radius 1 is 1.00 bits per heavy atom. The molecule has 0 amide bonds. The summed E-state index contributed by atoms with van der Waals surface area (Å²) < 4.78 is 5.73. The number of benzene rings is 2. The standard InChI is InChI=1S/C19H25NO/c1-14(2)21-19-7-5-6-17(12-19)13-20-16(4)18-10-8-15(3)9-11-18/h5-12,14,16,20H,13H2,1-4H3/t16-/m1/s1. The smallest absolute Gasteiger partial charge is 0.120 e. The minimum atomic E-state index is 0.208. The lowest BCUT2D eigenvalue weighted by Gasteiger charge is -2.15. The summed E-state index contributed by atoms with van der Waals surface area (Å²) in [6, 6.07) is 17.3. The van der Waals surface area contributed by atoms with Crippen LogP contribution in [0.15, 0.2) is 48.5 Å². The van der Waals surface area contributed by atoms with E-state index in [0.29, 0.717) is 6.04 Å². The maximum atomic E-state index is 5.73. The van der Waals surface area contributed by atoms with Crippen molar-refractivity contribution in [1.82, 2.24) is 5.32 Å². The van der Waals surface area contributed by atoms with E-state index in [2.05, 4.69) is 55.6 Å². The van der Waals surface area contributed by atoms with E-state index < -0.39 is 0 Å². The molecule has 0 aliphatic rings. The molecule has 0 saturated carbocycles. The molecule has 0 aromatic heterocycles. The van der Waals surface area contributed by atoms with Crippen LogP contribution in [0.2, 0.25) is 0 Å². The van der Waals surface area contributed by atoms with Crippen LogP contribution in [-0.4, -0.2) is 6.10 Å². The van der Waals surface area contributed by atoms with Gasteiger partial charge in [-0.15, -0.1) is 0 Å². The average molecular weight is 283 g/mol. The van der Waals surface area contributed by atoms with Crippen molar-refractivity contribution in [3.63, 3.8) is 0 Å². The van der Waals surface area contributed by atoms with Crippen LogP contribution in [0.4, 0.5) is 0 Å². The molecule has 0 aliphatic carbocycles. The normalized spacial score (nSPS) is 12.4. The molecule has 0 heterocycles. The van der Waals surface area contributed by atoms with Gasteiger partial charge in [0.25, 0.3) is 0 Å². The van der Waals surface area contributed by atoms with E-state index in [4.69, 9.17) is 4.74 Å². The molecule has 2 rings (SSSR count). The lowest BCUT2D eigenvalue weighted by Crippen LogP contribution is -2.18. The highest BCUT2D eigenvalue weighted by atomic mass is 16.5. The van der Waals surface area contributed by atoms with E-state index in [1.54, 1.807) is 0 Å². The molecule has 2 heteroatoms. The van der Waals surface area contributed by atoms with Crippen molar-refractivity contribution in [3.8, 4) is 5.75 Å². The van der Waals surface area contributed by atoms with Gasteiger partial charge in [-0.05, 0) is 51.0 Å². The number of nitrogens with one attached hydrogen (secondary N) is 1. The number of hydrogen-bond acceptors (Lipinski definition) is 2. The van der Waals surface area contributed by atoms with Crippen molar-refractivity contribution in [2.45, 2.75) is 46.4 Å². The summed E-state index contributed by atoms with van der Waals surface area (Å²) in [5, 5.41) is 3.56. The summed E-state index contributed by atoms with van der Waals surface area (Å²) in [6.07, 6.45) is 0.208. The molecular weight excluding hydrogens is 258 g/mol. The highest BCUT2D eigenvalue weighted by Crippen LogP contribution is 2.17. The van der Waals surface area contributed by atoms with Gasteiger partial charge in [-0.25, -0.2) is 0 Å².